The van der Waals surface area contributed by atoms with Gasteiger partial charge in [0.2, 0.25) is 10.0 Å². The minimum atomic E-state index is -3.83. The van der Waals surface area contributed by atoms with Crippen molar-refractivity contribution in [2.24, 2.45) is 0 Å². The molecule has 0 amide bonds. The average molecular weight is 318 g/mol. The second-order valence-corrected chi connectivity index (χ2v) is 6.78. The highest BCUT2D eigenvalue weighted by molar-refractivity contribution is 7.89. The molecule has 0 bridgehead atoms. The van der Waals surface area contributed by atoms with Gasteiger partial charge in [-0.1, -0.05) is 13.0 Å². The van der Waals surface area contributed by atoms with Crippen molar-refractivity contribution >= 4 is 10.0 Å². The predicted molar refractivity (Wildman–Crippen MR) is 79.9 cm³/mol. The van der Waals surface area contributed by atoms with Crippen molar-refractivity contribution in [1.82, 2.24) is 9.62 Å². The monoisotopic (exact) mass is 318 g/mol. The first-order chi connectivity index (χ1) is 9.81. The Morgan fingerprint density at radius 3 is 2.67 bits per heavy atom. The van der Waals surface area contributed by atoms with Gasteiger partial charge in [-0.3, -0.25) is 0 Å². The summed E-state index contributed by atoms with van der Waals surface area (Å²) in [5.41, 5.74) is 0.180. The third-order valence-corrected chi connectivity index (χ3v) is 5.13. The average Bonchev–Trinajstić information content (AvgIpc) is 2.46. The molecule has 0 aromatic heterocycles. The van der Waals surface area contributed by atoms with Crippen LogP contribution in [0.15, 0.2) is 23.1 Å². The molecule has 0 aliphatic carbocycles. The lowest BCUT2D eigenvalue weighted by atomic mass is 10.2. The molecule has 1 rings (SSSR count). The molecule has 120 valence electrons. The number of halogens is 1. The molecular formula is C14H23FN2O3S. The quantitative estimate of drug-likeness (QED) is 0.759. The molecule has 0 fully saturated rings. The number of nitrogens with one attached hydrogen (secondary N) is 1. The van der Waals surface area contributed by atoms with E-state index in [0.717, 1.165) is 18.6 Å². The molecule has 7 heteroatoms. The number of aliphatic hydroxyl groups is 1. The lowest BCUT2D eigenvalue weighted by Gasteiger charge is -2.23. The summed E-state index contributed by atoms with van der Waals surface area (Å²) in [4.78, 5) is 1.83. The van der Waals surface area contributed by atoms with Gasteiger partial charge in [-0.25, -0.2) is 17.5 Å². The van der Waals surface area contributed by atoms with E-state index in [9.17, 15) is 12.8 Å². The Bertz CT molecular complexity index is 563. The second-order valence-electron chi connectivity index (χ2n) is 5.05. The van der Waals surface area contributed by atoms with Crippen molar-refractivity contribution in [1.29, 1.82) is 0 Å². The molecule has 21 heavy (non-hydrogen) atoms. The zero-order valence-electron chi connectivity index (χ0n) is 12.6. The lowest BCUT2D eigenvalue weighted by Crippen LogP contribution is -2.37. The number of hydrogen-bond donors (Lipinski definition) is 2. The Morgan fingerprint density at radius 2 is 2.10 bits per heavy atom. The van der Waals surface area contributed by atoms with Crippen molar-refractivity contribution in [3.05, 3.63) is 29.6 Å². The largest absolute Gasteiger partial charge is 0.392 e. The molecule has 0 saturated heterocycles. The molecule has 1 unspecified atom stereocenters. The van der Waals surface area contributed by atoms with Gasteiger partial charge in [0.05, 0.1) is 11.5 Å². The molecule has 2 N–H and O–H groups in total. The van der Waals surface area contributed by atoms with E-state index < -0.39 is 22.4 Å². The Balaban J connectivity index is 2.76. The van der Waals surface area contributed by atoms with Crippen LogP contribution in [0.5, 0.6) is 0 Å². The van der Waals surface area contributed by atoms with Crippen molar-refractivity contribution < 1.29 is 17.9 Å². The fraction of sp³-hybridized carbons (Fsp3) is 0.571. The van der Waals surface area contributed by atoms with Crippen LogP contribution in [0.3, 0.4) is 0 Å². The third-order valence-electron chi connectivity index (χ3n) is 3.59. The second kappa shape index (κ2) is 7.84. The van der Waals surface area contributed by atoms with Gasteiger partial charge in [0.1, 0.15) is 5.82 Å². The maximum Gasteiger partial charge on any atom is 0.241 e. The number of sulfonamides is 1. The van der Waals surface area contributed by atoms with Gasteiger partial charge in [0, 0.05) is 19.1 Å². The van der Waals surface area contributed by atoms with Crippen LogP contribution in [0, 0.1) is 5.82 Å². The number of rotatable bonds is 8. The Morgan fingerprint density at radius 1 is 1.43 bits per heavy atom. The molecule has 0 saturated carbocycles. The van der Waals surface area contributed by atoms with Gasteiger partial charge in [-0.2, -0.15) is 0 Å². The number of hydrogen-bond acceptors (Lipinski definition) is 4. The standard InChI is InChI=1S/C14H23FN2O3S/c1-4-11(2)17(3)8-7-16-21(19,20)14-9-13(15)6-5-12(14)10-18/h5-6,9,11,16,18H,4,7-8,10H2,1-3H3. The normalized spacial score (nSPS) is 13.6. The van der Waals surface area contributed by atoms with Crippen LogP contribution in [-0.2, 0) is 16.6 Å². The molecule has 0 heterocycles. The van der Waals surface area contributed by atoms with Crippen LogP contribution in [0.1, 0.15) is 25.8 Å². The molecule has 5 nitrogen and oxygen atoms in total. The van der Waals surface area contributed by atoms with Crippen molar-refractivity contribution in [2.75, 3.05) is 20.1 Å². The highest BCUT2D eigenvalue weighted by Gasteiger charge is 2.19. The SMILES string of the molecule is CCC(C)N(C)CCNS(=O)(=O)c1cc(F)ccc1CO. The van der Waals surface area contributed by atoms with Gasteiger partial charge >= 0.3 is 0 Å². The predicted octanol–water partition coefficient (Wildman–Crippen LogP) is 1.33. The fourth-order valence-corrected chi connectivity index (χ4v) is 3.14. The van der Waals surface area contributed by atoms with E-state index >= 15 is 0 Å². The van der Waals surface area contributed by atoms with Crippen LogP contribution < -0.4 is 4.72 Å². The summed E-state index contributed by atoms with van der Waals surface area (Å²) in [6, 6.07) is 3.68. The van der Waals surface area contributed by atoms with Gasteiger partial charge in [-0.05, 0) is 38.1 Å². The molecule has 1 aromatic carbocycles. The molecule has 0 spiro atoms. The summed E-state index contributed by atoms with van der Waals surface area (Å²) < 4.78 is 40.0. The first-order valence-corrected chi connectivity index (χ1v) is 8.39. The topological polar surface area (TPSA) is 69.6 Å². The van der Waals surface area contributed by atoms with E-state index in [0.29, 0.717) is 12.6 Å². The summed E-state index contributed by atoms with van der Waals surface area (Å²) >= 11 is 0. The highest BCUT2D eigenvalue weighted by atomic mass is 32.2. The Kier molecular flexibility index (Phi) is 6.73. The van der Waals surface area contributed by atoms with E-state index in [1.165, 1.54) is 6.07 Å². The van der Waals surface area contributed by atoms with Crippen LogP contribution >= 0.6 is 0 Å². The van der Waals surface area contributed by atoms with Crippen molar-refractivity contribution in [3.63, 3.8) is 0 Å². The van der Waals surface area contributed by atoms with Gasteiger partial charge in [0.15, 0.2) is 0 Å². The minimum absolute atomic E-state index is 0.180. The smallest absolute Gasteiger partial charge is 0.241 e. The zero-order chi connectivity index (χ0) is 16.0. The first-order valence-electron chi connectivity index (χ1n) is 6.91. The molecule has 0 aliphatic heterocycles. The van der Waals surface area contributed by atoms with Gasteiger partial charge in [0.25, 0.3) is 0 Å². The summed E-state index contributed by atoms with van der Waals surface area (Å²) in [5, 5.41) is 9.17. The maximum atomic E-state index is 13.2. The van der Waals surface area contributed by atoms with E-state index in [-0.39, 0.29) is 17.0 Å². The third kappa shape index (κ3) is 5.03. The summed E-state index contributed by atoms with van der Waals surface area (Å²) in [6.07, 6.45) is 0.974. The molecule has 1 atom stereocenters. The summed E-state index contributed by atoms with van der Waals surface area (Å²) in [7, 11) is -1.91. The van der Waals surface area contributed by atoms with Crippen molar-refractivity contribution in [3.8, 4) is 0 Å². The number of nitrogens with zero attached hydrogens (tertiary/aromatic N) is 1. The van der Waals surface area contributed by atoms with Crippen LogP contribution in [0.2, 0.25) is 0 Å². The van der Waals surface area contributed by atoms with Crippen LogP contribution in [0.25, 0.3) is 0 Å². The summed E-state index contributed by atoms with van der Waals surface area (Å²) in [5.74, 6) is -0.649. The summed E-state index contributed by atoms with van der Waals surface area (Å²) in [6.45, 7) is 4.45. The fourth-order valence-electron chi connectivity index (χ4n) is 1.88. The van der Waals surface area contributed by atoms with E-state index in [1.807, 2.05) is 11.9 Å². The number of benzene rings is 1. The van der Waals surface area contributed by atoms with E-state index in [2.05, 4.69) is 18.6 Å². The number of likely N-dealkylation sites (N-methyl/N-ethyl adjacent to an activating group) is 1. The maximum absolute atomic E-state index is 13.2. The van der Waals surface area contributed by atoms with E-state index in [4.69, 9.17) is 5.11 Å². The van der Waals surface area contributed by atoms with Gasteiger partial charge in [-0.15, -0.1) is 0 Å². The lowest BCUT2D eigenvalue weighted by molar-refractivity contribution is 0.256. The zero-order valence-corrected chi connectivity index (χ0v) is 13.5. The minimum Gasteiger partial charge on any atom is -0.392 e. The Hall–Kier alpha value is -1.02. The van der Waals surface area contributed by atoms with E-state index in [1.54, 1.807) is 0 Å². The molecular weight excluding hydrogens is 295 g/mol. The van der Waals surface area contributed by atoms with Crippen LogP contribution in [0.4, 0.5) is 4.39 Å². The molecule has 0 aliphatic rings. The molecule has 1 aromatic rings. The Labute approximate surface area is 125 Å². The van der Waals surface area contributed by atoms with Gasteiger partial charge < -0.3 is 10.0 Å². The van der Waals surface area contributed by atoms with Crippen LogP contribution in [-0.4, -0.2) is 44.6 Å². The molecule has 0 radical (unpaired) electrons. The highest BCUT2D eigenvalue weighted by Crippen LogP contribution is 2.17. The van der Waals surface area contributed by atoms with Crippen molar-refractivity contribution in [2.45, 2.75) is 37.8 Å². The first kappa shape index (κ1) is 18.0. The number of aliphatic hydroxyl groups excluding tert-OH is 1.